The van der Waals surface area contributed by atoms with Crippen LogP contribution in [0.15, 0.2) is 36.5 Å². The van der Waals surface area contributed by atoms with E-state index in [0.717, 1.165) is 63.4 Å². The molecule has 0 spiro atoms. The van der Waals surface area contributed by atoms with Gasteiger partial charge in [0.1, 0.15) is 0 Å². The highest BCUT2D eigenvalue weighted by molar-refractivity contribution is 5.79. The monoisotopic (exact) mass is 325 g/mol. The summed E-state index contributed by atoms with van der Waals surface area (Å²) in [6, 6.07) is 10.1. The molecule has 1 aromatic carbocycles. The maximum Gasteiger partial charge on any atom is 0.227 e. The minimum absolute atomic E-state index is 0.157. The fourth-order valence-electron chi connectivity index (χ4n) is 3.75. The van der Waals surface area contributed by atoms with Gasteiger partial charge in [0.15, 0.2) is 0 Å². The lowest BCUT2D eigenvalue weighted by Crippen LogP contribution is -2.35. The maximum absolute atomic E-state index is 12.6. The molecule has 126 valence electrons. The number of likely N-dealkylation sites (tertiary alicyclic amines) is 2. The maximum atomic E-state index is 12.6. The second kappa shape index (κ2) is 6.73. The summed E-state index contributed by atoms with van der Waals surface area (Å²) in [6.07, 6.45) is 5.10. The van der Waals surface area contributed by atoms with Gasteiger partial charge in [-0.25, -0.2) is 4.68 Å². The van der Waals surface area contributed by atoms with Crippen LogP contribution >= 0.6 is 0 Å². The van der Waals surface area contributed by atoms with Gasteiger partial charge in [-0.2, -0.15) is 0 Å². The topological polar surface area (TPSA) is 54.3 Å². The summed E-state index contributed by atoms with van der Waals surface area (Å²) in [6.45, 7) is 4.48. The summed E-state index contributed by atoms with van der Waals surface area (Å²) < 4.78 is 1.88. The number of hydrogen-bond acceptors (Lipinski definition) is 4. The molecule has 6 heteroatoms. The number of para-hydroxylation sites is 1. The molecule has 1 aromatic heterocycles. The van der Waals surface area contributed by atoms with Crippen LogP contribution in [0.1, 0.15) is 25.0 Å². The van der Waals surface area contributed by atoms with Gasteiger partial charge in [0.2, 0.25) is 5.91 Å². The Balaban J connectivity index is 1.41. The SMILES string of the molecule is O=C(C1CCN(Cc2cnnn2-c2ccccc2)C1)N1CCCC1. The zero-order chi connectivity index (χ0) is 16.4. The number of carbonyl (C=O) groups excluding carboxylic acids is 1. The fraction of sp³-hybridized carbons (Fsp3) is 0.500. The first kappa shape index (κ1) is 15.3. The summed E-state index contributed by atoms with van der Waals surface area (Å²) >= 11 is 0. The van der Waals surface area contributed by atoms with Crippen molar-refractivity contribution in [2.24, 2.45) is 5.92 Å². The average Bonchev–Trinajstić information content (AvgIpc) is 3.37. The highest BCUT2D eigenvalue weighted by Gasteiger charge is 2.32. The molecule has 0 saturated carbocycles. The van der Waals surface area contributed by atoms with Crippen LogP contribution in [-0.2, 0) is 11.3 Å². The molecule has 1 amide bonds. The summed E-state index contributed by atoms with van der Waals surface area (Å²) in [7, 11) is 0. The molecule has 2 aliphatic rings. The van der Waals surface area contributed by atoms with E-state index in [4.69, 9.17) is 0 Å². The van der Waals surface area contributed by atoms with Gasteiger partial charge in [-0.1, -0.05) is 23.4 Å². The van der Waals surface area contributed by atoms with E-state index in [1.807, 2.05) is 46.1 Å². The Morgan fingerprint density at radius 3 is 2.71 bits per heavy atom. The van der Waals surface area contributed by atoms with Crippen molar-refractivity contribution in [3.8, 4) is 5.69 Å². The molecule has 2 fully saturated rings. The van der Waals surface area contributed by atoms with Crippen LogP contribution in [-0.4, -0.2) is 56.9 Å². The Labute approximate surface area is 142 Å². The van der Waals surface area contributed by atoms with Crippen molar-refractivity contribution in [3.63, 3.8) is 0 Å². The normalized spacial score (nSPS) is 21.5. The van der Waals surface area contributed by atoms with Crippen LogP contribution < -0.4 is 0 Å². The largest absolute Gasteiger partial charge is 0.342 e. The van der Waals surface area contributed by atoms with Crippen LogP contribution in [0.25, 0.3) is 5.69 Å². The van der Waals surface area contributed by atoms with E-state index in [1.165, 1.54) is 0 Å². The summed E-state index contributed by atoms with van der Waals surface area (Å²) in [4.78, 5) is 16.9. The van der Waals surface area contributed by atoms with Gasteiger partial charge in [-0.15, -0.1) is 5.10 Å². The van der Waals surface area contributed by atoms with Gasteiger partial charge in [0.25, 0.3) is 0 Å². The highest BCUT2D eigenvalue weighted by Crippen LogP contribution is 2.23. The molecule has 4 rings (SSSR count). The Bertz CT molecular complexity index is 692. The molecule has 2 aromatic rings. The third-order valence-corrected chi connectivity index (χ3v) is 5.05. The molecule has 0 aliphatic carbocycles. The molecular weight excluding hydrogens is 302 g/mol. The zero-order valence-electron chi connectivity index (χ0n) is 13.8. The van der Waals surface area contributed by atoms with Gasteiger partial charge in [-0.3, -0.25) is 9.69 Å². The number of carbonyl (C=O) groups is 1. The number of benzene rings is 1. The van der Waals surface area contributed by atoms with Crippen molar-refractivity contribution in [2.75, 3.05) is 26.2 Å². The van der Waals surface area contributed by atoms with E-state index >= 15 is 0 Å². The Hall–Kier alpha value is -2.21. The molecule has 0 N–H and O–H groups in total. The number of hydrogen-bond donors (Lipinski definition) is 0. The van der Waals surface area contributed by atoms with Crippen molar-refractivity contribution in [1.82, 2.24) is 24.8 Å². The lowest BCUT2D eigenvalue weighted by molar-refractivity contribution is -0.134. The smallest absolute Gasteiger partial charge is 0.227 e. The van der Waals surface area contributed by atoms with E-state index in [0.29, 0.717) is 5.91 Å². The van der Waals surface area contributed by atoms with E-state index < -0.39 is 0 Å². The lowest BCUT2D eigenvalue weighted by Gasteiger charge is -2.20. The van der Waals surface area contributed by atoms with E-state index in [9.17, 15) is 4.79 Å². The van der Waals surface area contributed by atoms with Gasteiger partial charge in [-0.05, 0) is 37.9 Å². The predicted octanol–water partition coefficient (Wildman–Crippen LogP) is 1.71. The molecule has 0 bridgehead atoms. The van der Waals surface area contributed by atoms with Crippen molar-refractivity contribution in [2.45, 2.75) is 25.8 Å². The third-order valence-electron chi connectivity index (χ3n) is 5.05. The molecule has 3 heterocycles. The molecule has 2 aliphatic heterocycles. The van der Waals surface area contributed by atoms with Gasteiger partial charge in [0.05, 0.1) is 23.5 Å². The molecule has 0 radical (unpaired) electrons. The molecule has 1 atom stereocenters. The Kier molecular flexibility index (Phi) is 4.30. The van der Waals surface area contributed by atoms with E-state index in [-0.39, 0.29) is 5.92 Å². The van der Waals surface area contributed by atoms with Crippen LogP contribution in [0.3, 0.4) is 0 Å². The fourth-order valence-corrected chi connectivity index (χ4v) is 3.75. The van der Waals surface area contributed by atoms with Crippen LogP contribution in [0.5, 0.6) is 0 Å². The summed E-state index contributed by atoms with van der Waals surface area (Å²) in [5, 5.41) is 8.28. The minimum atomic E-state index is 0.157. The van der Waals surface area contributed by atoms with Crippen molar-refractivity contribution in [1.29, 1.82) is 0 Å². The standard InChI is InChI=1S/C18H23N5O/c24-18(22-9-4-5-10-22)15-8-11-21(13-15)14-17-12-19-20-23(17)16-6-2-1-3-7-16/h1-3,6-7,12,15H,4-5,8-11,13-14H2. The van der Waals surface area contributed by atoms with Crippen LogP contribution in [0.4, 0.5) is 0 Å². The summed E-state index contributed by atoms with van der Waals surface area (Å²) in [5.41, 5.74) is 2.09. The van der Waals surface area contributed by atoms with Crippen LogP contribution in [0, 0.1) is 5.92 Å². The number of aromatic nitrogens is 3. The predicted molar refractivity (Wildman–Crippen MR) is 90.6 cm³/mol. The number of amides is 1. The quantitative estimate of drug-likeness (QED) is 0.859. The first-order valence-corrected chi connectivity index (χ1v) is 8.77. The highest BCUT2D eigenvalue weighted by atomic mass is 16.2. The molecular formula is C18H23N5O. The van der Waals surface area contributed by atoms with Gasteiger partial charge in [0, 0.05) is 26.2 Å². The first-order valence-electron chi connectivity index (χ1n) is 8.77. The summed E-state index contributed by atoms with van der Waals surface area (Å²) in [5.74, 6) is 0.508. The second-order valence-electron chi connectivity index (χ2n) is 6.73. The molecule has 1 unspecified atom stereocenters. The van der Waals surface area contributed by atoms with Crippen molar-refractivity contribution < 1.29 is 4.79 Å². The van der Waals surface area contributed by atoms with E-state index in [2.05, 4.69) is 15.2 Å². The van der Waals surface area contributed by atoms with Crippen LogP contribution in [0.2, 0.25) is 0 Å². The molecule has 24 heavy (non-hydrogen) atoms. The van der Waals surface area contributed by atoms with Gasteiger partial charge < -0.3 is 4.90 Å². The van der Waals surface area contributed by atoms with Crippen molar-refractivity contribution in [3.05, 3.63) is 42.2 Å². The number of rotatable bonds is 4. The Morgan fingerprint density at radius 1 is 1.12 bits per heavy atom. The van der Waals surface area contributed by atoms with E-state index in [1.54, 1.807) is 0 Å². The lowest BCUT2D eigenvalue weighted by atomic mass is 10.1. The molecule has 6 nitrogen and oxygen atoms in total. The number of nitrogens with zero attached hydrogens (tertiary/aromatic N) is 5. The zero-order valence-corrected chi connectivity index (χ0v) is 13.8. The van der Waals surface area contributed by atoms with Crippen molar-refractivity contribution >= 4 is 5.91 Å². The first-order chi connectivity index (χ1) is 11.8. The minimum Gasteiger partial charge on any atom is -0.342 e. The average molecular weight is 325 g/mol. The molecule has 2 saturated heterocycles. The van der Waals surface area contributed by atoms with Gasteiger partial charge >= 0.3 is 0 Å². The second-order valence-corrected chi connectivity index (χ2v) is 6.73. The Morgan fingerprint density at radius 2 is 1.92 bits per heavy atom. The third kappa shape index (κ3) is 3.06.